The predicted molar refractivity (Wildman–Crippen MR) is 86.9 cm³/mol. The molecule has 1 amide bonds. The molecule has 0 saturated heterocycles. The number of Topliss-reactive ketones (excluding diaryl/α,β-unsaturated/α-hetero) is 1. The van der Waals surface area contributed by atoms with Crippen LogP contribution in [-0.4, -0.2) is 36.7 Å². The number of hydrogen-bond donors (Lipinski definition) is 1. The van der Waals surface area contributed by atoms with E-state index >= 15 is 0 Å². The molecule has 1 aromatic rings. The Morgan fingerprint density at radius 1 is 1.18 bits per heavy atom. The third-order valence-corrected chi connectivity index (χ3v) is 4.96. The van der Waals surface area contributed by atoms with E-state index in [0.717, 1.165) is 11.3 Å². The maximum Gasteiger partial charge on any atom is 0.290 e. The van der Waals surface area contributed by atoms with E-state index in [1.54, 1.807) is 11.9 Å². The van der Waals surface area contributed by atoms with Gasteiger partial charge in [-0.1, -0.05) is 37.5 Å². The molecule has 0 radical (unpaired) electrons. The van der Waals surface area contributed by atoms with Crippen molar-refractivity contribution in [3.8, 4) is 0 Å². The smallest absolute Gasteiger partial charge is 0.290 e. The monoisotopic (exact) mass is 300 g/mol. The summed E-state index contributed by atoms with van der Waals surface area (Å²) in [5.41, 5.74) is 1.93. The average Bonchev–Trinajstić information content (AvgIpc) is 2.98. The third-order valence-electron chi connectivity index (χ3n) is 4.96. The molecule has 1 atom stereocenters. The van der Waals surface area contributed by atoms with Crippen molar-refractivity contribution in [2.24, 2.45) is 5.92 Å². The van der Waals surface area contributed by atoms with E-state index < -0.39 is 0 Å². The van der Waals surface area contributed by atoms with Crippen molar-refractivity contribution in [1.29, 1.82) is 0 Å². The van der Waals surface area contributed by atoms with Gasteiger partial charge >= 0.3 is 0 Å². The fraction of sp³-hybridized carbons (Fsp3) is 0.556. The minimum absolute atomic E-state index is 0.282. The Labute approximate surface area is 131 Å². The lowest BCUT2D eigenvalue weighted by molar-refractivity contribution is -0.144. The third kappa shape index (κ3) is 3.01. The molecule has 1 unspecified atom stereocenters. The lowest BCUT2D eigenvalue weighted by Crippen LogP contribution is -2.39. The summed E-state index contributed by atoms with van der Waals surface area (Å²) >= 11 is 0. The van der Waals surface area contributed by atoms with Crippen LogP contribution in [0.2, 0.25) is 0 Å². The summed E-state index contributed by atoms with van der Waals surface area (Å²) in [5.74, 6) is -0.396. The predicted octanol–water partition coefficient (Wildman–Crippen LogP) is 2.80. The van der Waals surface area contributed by atoms with E-state index in [2.05, 4.69) is 5.32 Å². The number of carbonyl (C=O) groups is 2. The zero-order valence-corrected chi connectivity index (χ0v) is 13.2. The Balaban J connectivity index is 1.63. The second kappa shape index (κ2) is 6.51. The summed E-state index contributed by atoms with van der Waals surface area (Å²) in [4.78, 5) is 26.7. The minimum atomic E-state index is -0.339. The van der Waals surface area contributed by atoms with Crippen molar-refractivity contribution in [2.45, 2.75) is 38.0 Å². The van der Waals surface area contributed by atoms with Gasteiger partial charge in [-0.3, -0.25) is 9.59 Å². The molecule has 1 aliphatic heterocycles. The first kappa shape index (κ1) is 15.1. The maximum atomic E-state index is 12.6. The van der Waals surface area contributed by atoms with E-state index in [-0.39, 0.29) is 17.6 Å². The Bertz CT molecular complexity index is 564. The number of nitrogens with zero attached hydrogens (tertiary/aromatic N) is 1. The lowest BCUT2D eigenvalue weighted by atomic mass is 9.88. The van der Waals surface area contributed by atoms with Gasteiger partial charge in [0.05, 0.1) is 5.92 Å². The molecule has 4 heteroatoms. The van der Waals surface area contributed by atoms with Crippen molar-refractivity contribution in [1.82, 2.24) is 4.90 Å². The summed E-state index contributed by atoms with van der Waals surface area (Å²) in [5, 5.41) is 3.21. The topological polar surface area (TPSA) is 49.4 Å². The number of rotatable bonds is 4. The SMILES string of the molecule is CN(CC1CCCCC1)C(=O)C(=O)C1CNc2ccccc21. The van der Waals surface area contributed by atoms with Gasteiger partial charge in [-0.2, -0.15) is 0 Å². The van der Waals surface area contributed by atoms with Gasteiger partial charge in [0.25, 0.3) is 5.91 Å². The van der Waals surface area contributed by atoms with Crippen LogP contribution < -0.4 is 5.32 Å². The highest BCUT2D eigenvalue weighted by Gasteiger charge is 2.34. The molecule has 1 aromatic carbocycles. The average molecular weight is 300 g/mol. The fourth-order valence-electron chi connectivity index (χ4n) is 3.69. The van der Waals surface area contributed by atoms with Crippen LogP contribution in [0.25, 0.3) is 0 Å². The molecule has 1 N–H and O–H groups in total. The molecular formula is C18H24N2O2. The Morgan fingerprint density at radius 2 is 1.91 bits per heavy atom. The van der Waals surface area contributed by atoms with Crippen LogP contribution in [0.15, 0.2) is 24.3 Å². The number of hydrogen-bond acceptors (Lipinski definition) is 3. The van der Waals surface area contributed by atoms with E-state index in [4.69, 9.17) is 0 Å². The van der Waals surface area contributed by atoms with Gasteiger partial charge in [0.2, 0.25) is 5.78 Å². The Morgan fingerprint density at radius 3 is 2.68 bits per heavy atom. The molecule has 3 rings (SSSR count). The van der Waals surface area contributed by atoms with Gasteiger partial charge in [-0.05, 0) is 30.4 Å². The molecule has 1 saturated carbocycles. The van der Waals surface area contributed by atoms with E-state index in [0.29, 0.717) is 19.0 Å². The lowest BCUT2D eigenvalue weighted by Gasteiger charge is -2.27. The molecule has 2 aliphatic rings. The van der Waals surface area contributed by atoms with Gasteiger partial charge in [-0.15, -0.1) is 0 Å². The van der Waals surface area contributed by atoms with Crippen molar-refractivity contribution in [3.05, 3.63) is 29.8 Å². The van der Waals surface area contributed by atoms with Gasteiger partial charge in [-0.25, -0.2) is 0 Å². The highest BCUT2D eigenvalue weighted by atomic mass is 16.2. The molecule has 118 valence electrons. The summed E-state index contributed by atoms with van der Waals surface area (Å²) in [6.07, 6.45) is 6.16. The number of fused-ring (bicyclic) bond motifs is 1. The van der Waals surface area contributed by atoms with Crippen LogP contribution in [-0.2, 0) is 9.59 Å². The number of benzene rings is 1. The maximum absolute atomic E-state index is 12.6. The van der Waals surface area contributed by atoms with Gasteiger partial charge in [0.15, 0.2) is 0 Å². The van der Waals surface area contributed by atoms with Gasteiger partial charge < -0.3 is 10.2 Å². The summed E-state index contributed by atoms with van der Waals surface area (Å²) in [6, 6.07) is 7.75. The normalized spacial score (nSPS) is 21.0. The highest BCUT2D eigenvalue weighted by Crippen LogP contribution is 2.32. The van der Waals surface area contributed by atoms with Crippen LogP contribution in [0.5, 0.6) is 0 Å². The molecule has 22 heavy (non-hydrogen) atoms. The van der Waals surface area contributed by atoms with Crippen LogP contribution in [0, 0.1) is 5.92 Å². The second-order valence-electron chi connectivity index (χ2n) is 6.57. The molecule has 1 fully saturated rings. The number of likely N-dealkylation sites (N-methyl/N-ethyl adjacent to an activating group) is 1. The summed E-state index contributed by atoms with van der Waals surface area (Å²) in [6.45, 7) is 1.24. The molecule has 0 bridgehead atoms. The number of carbonyl (C=O) groups excluding carboxylic acids is 2. The molecule has 0 spiro atoms. The highest BCUT2D eigenvalue weighted by molar-refractivity contribution is 6.38. The first-order valence-electron chi connectivity index (χ1n) is 8.29. The number of amides is 1. The van der Waals surface area contributed by atoms with Crippen LogP contribution in [0.3, 0.4) is 0 Å². The fourth-order valence-corrected chi connectivity index (χ4v) is 3.69. The molecular weight excluding hydrogens is 276 g/mol. The first-order chi connectivity index (χ1) is 10.7. The van der Waals surface area contributed by atoms with Crippen LogP contribution in [0.1, 0.15) is 43.6 Å². The molecule has 1 heterocycles. The van der Waals surface area contributed by atoms with Crippen LogP contribution >= 0.6 is 0 Å². The summed E-state index contributed by atoms with van der Waals surface area (Å²) in [7, 11) is 1.77. The zero-order chi connectivity index (χ0) is 15.5. The number of anilines is 1. The zero-order valence-electron chi connectivity index (χ0n) is 13.2. The van der Waals surface area contributed by atoms with E-state index in [1.165, 1.54) is 32.1 Å². The van der Waals surface area contributed by atoms with Crippen molar-refractivity contribution >= 4 is 17.4 Å². The number of nitrogens with one attached hydrogen (secondary N) is 1. The van der Waals surface area contributed by atoms with Crippen molar-refractivity contribution in [2.75, 3.05) is 25.5 Å². The quantitative estimate of drug-likeness (QED) is 0.870. The van der Waals surface area contributed by atoms with E-state index in [1.807, 2.05) is 24.3 Å². The largest absolute Gasteiger partial charge is 0.384 e. The van der Waals surface area contributed by atoms with Crippen molar-refractivity contribution < 1.29 is 9.59 Å². The number of ketones is 1. The van der Waals surface area contributed by atoms with Gasteiger partial charge in [0, 0.05) is 25.8 Å². The van der Waals surface area contributed by atoms with Crippen molar-refractivity contribution in [3.63, 3.8) is 0 Å². The van der Waals surface area contributed by atoms with Crippen LogP contribution in [0.4, 0.5) is 5.69 Å². The standard InChI is InChI=1S/C18H24N2O2/c1-20(12-13-7-3-2-4-8-13)18(22)17(21)15-11-19-16-10-6-5-9-14(15)16/h5-6,9-10,13,15,19H,2-4,7-8,11-12H2,1H3. The number of para-hydroxylation sites is 1. The molecule has 4 nitrogen and oxygen atoms in total. The second-order valence-corrected chi connectivity index (χ2v) is 6.57. The minimum Gasteiger partial charge on any atom is -0.384 e. The molecule has 0 aromatic heterocycles. The Kier molecular flexibility index (Phi) is 4.46. The summed E-state index contributed by atoms with van der Waals surface area (Å²) < 4.78 is 0. The Hall–Kier alpha value is -1.84. The van der Waals surface area contributed by atoms with E-state index in [9.17, 15) is 9.59 Å². The van der Waals surface area contributed by atoms with Gasteiger partial charge in [0.1, 0.15) is 0 Å². The molecule has 1 aliphatic carbocycles. The first-order valence-corrected chi connectivity index (χ1v) is 8.29.